The minimum absolute atomic E-state index is 0.282. The van der Waals surface area contributed by atoms with Gasteiger partial charge >= 0.3 is 12.0 Å². The highest BCUT2D eigenvalue weighted by molar-refractivity contribution is 5.97. The number of urea groups is 1. The monoisotopic (exact) mass is 322 g/mol. The van der Waals surface area contributed by atoms with Crippen molar-refractivity contribution in [1.29, 1.82) is 0 Å². The van der Waals surface area contributed by atoms with Gasteiger partial charge in [-0.2, -0.15) is 0 Å². The SMILES string of the molecule is C[C@H](OC(=O)C1(c2ccccc2F)CCCC1)C(=O)NC(N)=O. The van der Waals surface area contributed by atoms with E-state index in [0.29, 0.717) is 12.8 Å². The Morgan fingerprint density at radius 2 is 1.87 bits per heavy atom. The number of benzene rings is 1. The van der Waals surface area contributed by atoms with Gasteiger partial charge in [0.15, 0.2) is 6.10 Å². The van der Waals surface area contributed by atoms with Gasteiger partial charge in [0.05, 0.1) is 5.41 Å². The summed E-state index contributed by atoms with van der Waals surface area (Å²) in [5.74, 6) is -1.94. The van der Waals surface area contributed by atoms with E-state index in [9.17, 15) is 18.8 Å². The molecule has 0 aliphatic heterocycles. The largest absolute Gasteiger partial charge is 0.452 e. The van der Waals surface area contributed by atoms with E-state index in [4.69, 9.17) is 10.5 Å². The van der Waals surface area contributed by atoms with E-state index in [0.717, 1.165) is 12.8 Å². The number of nitrogens with two attached hydrogens (primary N) is 1. The lowest BCUT2D eigenvalue weighted by Gasteiger charge is -2.28. The number of nitrogens with one attached hydrogen (secondary N) is 1. The Kier molecular flexibility index (Phi) is 4.98. The molecule has 1 aliphatic rings. The first kappa shape index (κ1) is 16.9. The Hall–Kier alpha value is -2.44. The van der Waals surface area contributed by atoms with Crippen molar-refractivity contribution in [2.24, 2.45) is 5.73 Å². The summed E-state index contributed by atoms with van der Waals surface area (Å²) in [6.07, 6.45) is 1.25. The number of carbonyl (C=O) groups is 3. The van der Waals surface area contributed by atoms with Crippen LogP contribution in [0, 0.1) is 5.82 Å². The summed E-state index contributed by atoms with van der Waals surface area (Å²) in [6, 6.07) is 5.05. The Balaban J connectivity index is 2.22. The lowest BCUT2D eigenvalue weighted by Crippen LogP contribution is -2.45. The summed E-state index contributed by atoms with van der Waals surface area (Å²) < 4.78 is 19.4. The molecule has 1 saturated carbocycles. The van der Waals surface area contributed by atoms with Gasteiger partial charge in [-0.25, -0.2) is 9.18 Å². The highest BCUT2D eigenvalue weighted by Gasteiger charge is 2.46. The molecular formula is C16H19FN2O4. The average molecular weight is 322 g/mol. The average Bonchev–Trinajstić information content (AvgIpc) is 2.97. The molecule has 0 heterocycles. The number of halogens is 1. The van der Waals surface area contributed by atoms with Crippen molar-refractivity contribution in [3.63, 3.8) is 0 Å². The van der Waals surface area contributed by atoms with E-state index >= 15 is 0 Å². The number of primary amides is 1. The van der Waals surface area contributed by atoms with Crippen molar-refractivity contribution in [3.05, 3.63) is 35.6 Å². The number of hydrogen-bond donors (Lipinski definition) is 2. The first-order valence-corrected chi connectivity index (χ1v) is 7.43. The van der Waals surface area contributed by atoms with Gasteiger partial charge in [0.25, 0.3) is 5.91 Å². The molecule has 124 valence electrons. The molecule has 0 aromatic heterocycles. The summed E-state index contributed by atoms with van der Waals surface area (Å²) in [4.78, 5) is 35.0. The van der Waals surface area contributed by atoms with E-state index in [-0.39, 0.29) is 5.56 Å². The first-order valence-electron chi connectivity index (χ1n) is 7.43. The van der Waals surface area contributed by atoms with Gasteiger partial charge in [0, 0.05) is 5.56 Å². The zero-order chi connectivity index (χ0) is 17.0. The normalized spacial score (nSPS) is 17.3. The second kappa shape index (κ2) is 6.76. The molecule has 6 nitrogen and oxygen atoms in total. The molecule has 3 N–H and O–H groups in total. The minimum atomic E-state index is -1.20. The molecule has 1 atom stereocenters. The zero-order valence-corrected chi connectivity index (χ0v) is 12.8. The van der Waals surface area contributed by atoms with Crippen LogP contribution in [-0.2, 0) is 19.7 Å². The van der Waals surface area contributed by atoms with Crippen molar-refractivity contribution in [3.8, 4) is 0 Å². The Labute approximate surface area is 133 Å². The summed E-state index contributed by atoms with van der Waals surface area (Å²) in [5.41, 5.74) is 4.05. The van der Waals surface area contributed by atoms with Crippen molar-refractivity contribution < 1.29 is 23.5 Å². The number of imide groups is 1. The van der Waals surface area contributed by atoms with Gasteiger partial charge in [-0.3, -0.25) is 14.9 Å². The Morgan fingerprint density at radius 1 is 1.26 bits per heavy atom. The van der Waals surface area contributed by atoms with Gasteiger partial charge in [-0.15, -0.1) is 0 Å². The van der Waals surface area contributed by atoms with Crippen LogP contribution in [0.25, 0.3) is 0 Å². The molecule has 0 saturated heterocycles. The van der Waals surface area contributed by atoms with Crippen LogP contribution in [-0.4, -0.2) is 24.0 Å². The molecule has 0 spiro atoms. The van der Waals surface area contributed by atoms with Crippen LogP contribution >= 0.6 is 0 Å². The number of ether oxygens (including phenoxy) is 1. The van der Waals surface area contributed by atoms with Crippen LogP contribution in [0.3, 0.4) is 0 Å². The third kappa shape index (κ3) is 3.49. The number of rotatable bonds is 4. The highest BCUT2D eigenvalue weighted by atomic mass is 19.1. The van der Waals surface area contributed by atoms with Crippen molar-refractivity contribution in [2.45, 2.75) is 44.1 Å². The molecule has 2 rings (SSSR count). The molecule has 0 unspecified atom stereocenters. The number of hydrogen-bond acceptors (Lipinski definition) is 4. The van der Waals surface area contributed by atoms with Gasteiger partial charge < -0.3 is 10.5 Å². The fourth-order valence-electron chi connectivity index (χ4n) is 2.96. The predicted octanol–water partition coefficient (Wildman–Crippen LogP) is 1.76. The van der Waals surface area contributed by atoms with E-state index in [1.165, 1.54) is 13.0 Å². The van der Waals surface area contributed by atoms with Crippen molar-refractivity contribution in [1.82, 2.24) is 5.32 Å². The topological polar surface area (TPSA) is 98.5 Å². The van der Waals surface area contributed by atoms with Gasteiger partial charge in [0.2, 0.25) is 0 Å². The van der Waals surface area contributed by atoms with E-state index in [2.05, 4.69) is 0 Å². The van der Waals surface area contributed by atoms with Gasteiger partial charge in [-0.05, 0) is 25.8 Å². The van der Waals surface area contributed by atoms with Gasteiger partial charge in [-0.1, -0.05) is 31.0 Å². The number of carbonyl (C=O) groups excluding carboxylic acids is 3. The smallest absolute Gasteiger partial charge is 0.318 e. The summed E-state index contributed by atoms with van der Waals surface area (Å²) >= 11 is 0. The van der Waals surface area contributed by atoms with Crippen LogP contribution in [0.15, 0.2) is 24.3 Å². The molecule has 1 aliphatic carbocycles. The fraction of sp³-hybridized carbons (Fsp3) is 0.438. The van der Waals surface area contributed by atoms with Crippen LogP contribution in [0.5, 0.6) is 0 Å². The van der Waals surface area contributed by atoms with Gasteiger partial charge in [0.1, 0.15) is 5.82 Å². The van der Waals surface area contributed by atoms with Crippen LogP contribution in [0.2, 0.25) is 0 Å². The number of amides is 3. The fourth-order valence-corrected chi connectivity index (χ4v) is 2.96. The molecular weight excluding hydrogens is 303 g/mol. The maximum atomic E-state index is 14.2. The van der Waals surface area contributed by atoms with Crippen LogP contribution < -0.4 is 11.1 Å². The predicted molar refractivity (Wildman–Crippen MR) is 79.8 cm³/mol. The second-order valence-electron chi connectivity index (χ2n) is 5.67. The van der Waals surface area contributed by atoms with Crippen molar-refractivity contribution in [2.75, 3.05) is 0 Å². The second-order valence-corrected chi connectivity index (χ2v) is 5.67. The summed E-state index contributed by atoms with van der Waals surface area (Å²) in [6.45, 7) is 1.33. The lowest BCUT2D eigenvalue weighted by molar-refractivity contribution is -0.160. The molecule has 7 heteroatoms. The molecule has 1 fully saturated rings. The van der Waals surface area contributed by atoms with E-state index in [1.807, 2.05) is 5.32 Å². The van der Waals surface area contributed by atoms with Crippen LogP contribution in [0.1, 0.15) is 38.2 Å². The van der Waals surface area contributed by atoms with Crippen LogP contribution in [0.4, 0.5) is 9.18 Å². The first-order chi connectivity index (χ1) is 10.9. The Morgan fingerprint density at radius 3 is 2.43 bits per heavy atom. The quantitative estimate of drug-likeness (QED) is 0.825. The third-order valence-corrected chi connectivity index (χ3v) is 4.14. The third-order valence-electron chi connectivity index (χ3n) is 4.14. The molecule has 0 radical (unpaired) electrons. The standard InChI is InChI=1S/C16H19FN2O4/c1-10(13(20)19-15(18)22)23-14(21)16(8-4-5-9-16)11-6-2-3-7-12(11)17/h2-3,6-7,10H,4-5,8-9H2,1H3,(H3,18,19,20,22)/t10-/m0/s1. The minimum Gasteiger partial charge on any atom is -0.452 e. The summed E-state index contributed by atoms with van der Waals surface area (Å²) in [5, 5.41) is 1.85. The Bertz CT molecular complexity index is 626. The molecule has 1 aromatic rings. The maximum absolute atomic E-state index is 14.2. The number of esters is 1. The molecule has 1 aromatic carbocycles. The van der Waals surface area contributed by atoms with Crippen molar-refractivity contribution >= 4 is 17.9 Å². The van der Waals surface area contributed by atoms with E-state index < -0.39 is 35.2 Å². The zero-order valence-electron chi connectivity index (χ0n) is 12.8. The molecule has 3 amide bonds. The highest BCUT2D eigenvalue weighted by Crippen LogP contribution is 2.43. The molecule has 23 heavy (non-hydrogen) atoms. The lowest BCUT2D eigenvalue weighted by atomic mass is 9.78. The molecule has 0 bridgehead atoms. The van der Waals surface area contributed by atoms with E-state index in [1.54, 1.807) is 18.2 Å². The summed E-state index contributed by atoms with van der Waals surface area (Å²) in [7, 11) is 0. The maximum Gasteiger partial charge on any atom is 0.318 e.